The first-order valence-electron chi connectivity index (χ1n) is 8.42. The molecule has 1 aliphatic heterocycles. The third-order valence-electron chi connectivity index (χ3n) is 4.48. The molecule has 3 rings (SSSR count). The van der Waals surface area contributed by atoms with E-state index in [-0.39, 0.29) is 0 Å². The van der Waals surface area contributed by atoms with Crippen molar-refractivity contribution in [1.29, 1.82) is 0 Å². The van der Waals surface area contributed by atoms with Gasteiger partial charge in [-0.05, 0) is 48.5 Å². The van der Waals surface area contributed by atoms with Crippen LogP contribution in [-0.4, -0.2) is 30.5 Å². The Balaban J connectivity index is 1.45. The van der Waals surface area contributed by atoms with Gasteiger partial charge in [0.05, 0.1) is 13.7 Å². The summed E-state index contributed by atoms with van der Waals surface area (Å²) in [5, 5.41) is 5.55. The standard InChI is InChI=1S/C19H24N2O2S/c1-23-17-5-2-4-15(12-17)13-20-10-9-16-7-8-19(22)21(16)14-18-6-3-11-24-18/h2-6,11-12,16,20H,7-10,13-14H2,1H3. The van der Waals surface area contributed by atoms with Crippen LogP contribution >= 0.6 is 11.3 Å². The molecule has 0 spiro atoms. The number of hydrogen-bond donors (Lipinski definition) is 1. The predicted octanol–water partition coefficient (Wildman–Crippen LogP) is 3.43. The van der Waals surface area contributed by atoms with Crippen LogP contribution in [0.4, 0.5) is 0 Å². The van der Waals surface area contributed by atoms with Gasteiger partial charge in [0, 0.05) is 23.9 Å². The molecule has 2 heterocycles. The number of benzene rings is 1. The highest BCUT2D eigenvalue weighted by atomic mass is 32.1. The first kappa shape index (κ1) is 17.0. The molecule has 1 saturated heterocycles. The highest BCUT2D eigenvalue weighted by molar-refractivity contribution is 7.09. The average molecular weight is 344 g/mol. The molecule has 2 aromatic rings. The van der Waals surface area contributed by atoms with Crippen molar-refractivity contribution in [3.63, 3.8) is 0 Å². The number of ether oxygens (including phenoxy) is 1. The molecule has 1 unspecified atom stereocenters. The highest BCUT2D eigenvalue weighted by Crippen LogP contribution is 2.25. The normalized spacial score (nSPS) is 17.5. The van der Waals surface area contributed by atoms with Crippen molar-refractivity contribution in [3.05, 3.63) is 52.2 Å². The third kappa shape index (κ3) is 4.36. The zero-order valence-corrected chi connectivity index (χ0v) is 14.8. The lowest BCUT2D eigenvalue weighted by Gasteiger charge is -2.24. The van der Waals surface area contributed by atoms with Crippen molar-refractivity contribution in [3.8, 4) is 5.75 Å². The molecule has 1 amide bonds. The van der Waals surface area contributed by atoms with E-state index >= 15 is 0 Å². The Morgan fingerprint density at radius 1 is 1.33 bits per heavy atom. The molecule has 0 bridgehead atoms. The van der Waals surface area contributed by atoms with E-state index < -0.39 is 0 Å². The van der Waals surface area contributed by atoms with Gasteiger partial charge in [0.2, 0.25) is 5.91 Å². The van der Waals surface area contributed by atoms with Crippen LogP contribution in [0.2, 0.25) is 0 Å². The second kappa shape index (κ2) is 8.31. The third-order valence-corrected chi connectivity index (χ3v) is 5.34. The van der Waals surface area contributed by atoms with E-state index in [1.807, 2.05) is 18.2 Å². The van der Waals surface area contributed by atoms with Crippen molar-refractivity contribution < 1.29 is 9.53 Å². The van der Waals surface area contributed by atoms with Crippen molar-refractivity contribution in [2.45, 2.75) is 38.4 Å². The lowest BCUT2D eigenvalue weighted by Crippen LogP contribution is -2.34. The van der Waals surface area contributed by atoms with Crippen molar-refractivity contribution in [2.24, 2.45) is 0 Å². The number of amides is 1. The molecule has 1 atom stereocenters. The van der Waals surface area contributed by atoms with E-state index in [2.05, 4.69) is 33.8 Å². The molecule has 1 fully saturated rings. The molecule has 1 aliphatic rings. The summed E-state index contributed by atoms with van der Waals surface area (Å²) in [7, 11) is 1.69. The maximum Gasteiger partial charge on any atom is 0.223 e. The van der Waals surface area contributed by atoms with Gasteiger partial charge in [-0.1, -0.05) is 18.2 Å². The summed E-state index contributed by atoms with van der Waals surface area (Å²) >= 11 is 1.72. The molecule has 1 aromatic carbocycles. The van der Waals surface area contributed by atoms with Crippen molar-refractivity contribution in [1.82, 2.24) is 10.2 Å². The van der Waals surface area contributed by atoms with E-state index in [0.29, 0.717) is 18.4 Å². The molecular weight excluding hydrogens is 320 g/mol. The fraction of sp³-hybridized carbons (Fsp3) is 0.421. The number of thiophene rings is 1. The number of carbonyl (C=O) groups excluding carboxylic acids is 1. The van der Waals surface area contributed by atoms with E-state index in [9.17, 15) is 4.79 Å². The van der Waals surface area contributed by atoms with Crippen LogP contribution < -0.4 is 10.1 Å². The van der Waals surface area contributed by atoms with E-state index in [1.54, 1.807) is 18.4 Å². The quantitative estimate of drug-likeness (QED) is 0.746. The van der Waals surface area contributed by atoms with E-state index in [1.165, 1.54) is 10.4 Å². The SMILES string of the molecule is COc1cccc(CNCCC2CCC(=O)N2Cc2cccs2)c1. The Morgan fingerprint density at radius 2 is 2.25 bits per heavy atom. The first-order chi connectivity index (χ1) is 11.8. The fourth-order valence-corrected chi connectivity index (χ4v) is 3.87. The average Bonchev–Trinajstić information content (AvgIpc) is 3.24. The molecule has 0 saturated carbocycles. The zero-order chi connectivity index (χ0) is 16.8. The molecule has 5 heteroatoms. The number of nitrogens with one attached hydrogen (secondary N) is 1. The van der Waals surface area contributed by atoms with Gasteiger partial charge in [0.1, 0.15) is 5.75 Å². The molecule has 1 aromatic heterocycles. The van der Waals surface area contributed by atoms with Gasteiger partial charge in [-0.2, -0.15) is 0 Å². The maximum absolute atomic E-state index is 12.1. The summed E-state index contributed by atoms with van der Waals surface area (Å²) in [6, 6.07) is 12.6. The number of nitrogens with zero attached hydrogens (tertiary/aromatic N) is 1. The van der Waals surface area contributed by atoms with Crippen LogP contribution in [0.25, 0.3) is 0 Å². The Morgan fingerprint density at radius 3 is 3.04 bits per heavy atom. The molecule has 4 nitrogen and oxygen atoms in total. The van der Waals surface area contributed by atoms with Crippen LogP contribution in [-0.2, 0) is 17.9 Å². The monoisotopic (exact) mass is 344 g/mol. The van der Waals surface area contributed by atoms with Gasteiger partial charge in [0.15, 0.2) is 0 Å². The fourth-order valence-electron chi connectivity index (χ4n) is 3.16. The van der Waals surface area contributed by atoms with Crippen LogP contribution in [0.5, 0.6) is 5.75 Å². The number of likely N-dealkylation sites (tertiary alicyclic amines) is 1. The molecule has 128 valence electrons. The number of rotatable bonds is 8. The number of carbonyl (C=O) groups is 1. The van der Waals surface area contributed by atoms with E-state index in [4.69, 9.17) is 4.74 Å². The first-order valence-corrected chi connectivity index (χ1v) is 9.29. The lowest BCUT2D eigenvalue weighted by molar-refractivity contribution is -0.129. The Labute approximate surface area is 147 Å². The van der Waals surface area contributed by atoms with Gasteiger partial charge in [-0.25, -0.2) is 0 Å². The predicted molar refractivity (Wildman–Crippen MR) is 97.2 cm³/mol. The second-order valence-electron chi connectivity index (χ2n) is 6.11. The molecule has 1 N–H and O–H groups in total. The highest BCUT2D eigenvalue weighted by Gasteiger charge is 2.30. The zero-order valence-electron chi connectivity index (χ0n) is 14.0. The molecule has 0 radical (unpaired) electrons. The Bertz CT molecular complexity index is 657. The van der Waals surface area contributed by atoms with Crippen LogP contribution in [0, 0.1) is 0 Å². The largest absolute Gasteiger partial charge is 0.497 e. The Kier molecular flexibility index (Phi) is 5.88. The number of methoxy groups -OCH3 is 1. The van der Waals surface area contributed by atoms with Gasteiger partial charge in [0.25, 0.3) is 0 Å². The molecular formula is C19H24N2O2S. The van der Waals surface area contributed by atoms with Gasteiger partial charge >= 0.3 is 0 Å². The maximum atomic E-state index is 12.1. The summed E-state index contributed by atoms with van der Waals surface area (Å²) < 4.78 is 5.25. The van der Waals surface area contributed by atoms with Crippen LogP contribution in [0.15, 0.2) is 41.8 Å². The summed E-state index contributed by atoms with van der Waals surface area (Å²) in [6.07, 6.45) is 2.66. The summed E-state index contributed by atoms with van der Waals surface area (Å²) in [6.45, 7) is 2.50. The smallest absolute Gasteiger partial charge is 0.223 e. The topological polar surface area (TPSA) is 41.6 Å². The van der Waals surface area contributed by atoms with Crippen molar-refractivity contribution >= 4 is 17.2 Å². The van der Waals surface area contributed by atoms with Gasteiger partial charge in [-0.3, -0.25) is 4.79 Å². The second-order valence-corrected chi connectivity index (χ2v) is 7.14. The van der Waals surface area contributed by atoms with Crippen LogP contribution in [0.1, 0.15) is 29.7 Å². The molecule has 24 heavy (non-hydrogen) atoms. The lowest BCUT2D eigenvalue weighted by atomic mass is 10.1. The molecule has 0 aliphatic carbocycles. The minimum absolute atomic E-state index is 0.293. The van der Waals surface area contributed by atoms with Gasteiger partial charge < -0.3 is 15.0 Å². The minimum Gasteiger partial charge on any atom is -0.497 e. The summed E-state index contributed by atoms with van der Waals surface area (Å²) in [5.41, 5.74) is 1.22. The Hall–Kier alpha value is -1.85. The van der Waals surface area contributed by atoms with Gasteiger partial charge in [-0.15, -0.1) is 11.3 Å². The minimum atomic E-state index is 0.293. The van der Waals surface area contributed by atoms with Crippen molar-refractivity contribution in [2.75, 3.05) is 13.7 Å². The summed E-state index contributed by atoms with van der Waals surface area (Å²) in [5.74, 6) is 1.18. The van der Waals surface area contributed by atoms with E-state index in [0.717, 1.165) is 38.2 Å². The summed E-state index contributed by atoms with van der Waals surface area (Å²) in [4.78, 5) is 15.5. The number of hydrogen-bond acceptors (Lipinski definition) is 4. The van der Waals surface area contributed by atoms with Crippen LogP contribution in [0.3, 0.4) is 0 Å².